The summed E-state index contributed by atoms with van der Waals surface area (Å²) < 4.78 is 10.5. The molecule has 14 heavy (non-hydrogen) atoms. The highest BCUT2D eigenvalue weighted by molar-refractivity contribution is 5.75. The van der Waals surface area contributed by atoms with E-state index in [9.17, 15) is 0 Å². The maximum absolute atomic E-state index is 5.50. The molecule has 1 aliphatic rings. The van der Waals surface area contributed by atoms with Crippen LogP contribution in [0.15, 0.2) is 18.2 Å². The number of aromatic amines is 1. The molecule has 0 amide bonds. The van der Waals surface area contributed by atoms with Crippen LogP contribution < -0.4 is 4.74 Å². The molecule has 1 atom stereocenters. The summed E-state index contributed by atoms with van der Waals surface area (Å²) in [7, 11) is 0. The number of H-pyrrole nitrogens is 1. The van der Waals surface area contributed by atoms with E-state index in [2.05, 4.69) is 15.4 Å². The van der Waals surface area contributed by atoms with Crippen LogP contribution in [-0.4, -0.2) is 34.7 Å². The average Bonchev–Trinajstić information content (AvgIpc) is 2.92. The predicted octanol–water partition coefficient (Wildman–Crippen LogP) is 0.735. The molecule has 5 nitrogen and oxygen atoms in total. The van der Waals surface area contributed by atoms with Crippen LogP contribution in [0.1, 0.15) is 0 Å². The molecule has 3 rings (SSSR count). The van der Waals surface area contributed by atoms with Crippen LogP contribution >= 0.6 is 0 Å². The number of nitrogens with zero attached hydrogens (tertiary/aromatic N) is 2. The molecule has 2 heterocycles. The second kappa shape index (κ2) is 2.95. The first-order valence-corrected chi connectivity index (χ1v) is 4.47. The minimum Gasteiger partial charge on any atom is -0.491 e. The lowest BCUT2D eigenvalue weighted by molar-refractivity contribution is 0.263. The summed E-state index contributed by atoms with van der Waals surface area (Å²) in [5.41, 5.74) is 1.74. The topological polar surface area (TPSA) is 63.3 Å². The van der Waals surface area contributed by atoms with Crippen molar-refractivity contribution < 1.29 is 9.47 Å². The van der Waals surface area contributed by atoms with Crippen LogP contribution in [-0.2, 0) is 4.74 Å². The van der Waals surface area contributed by atoms with Crippen LogP contribution in [0.25, 0.3) is 11.0 Å². The zero-order chi connectivity index (χ0) is 9.38. The van der Waals surface area contributed by atoms with Gasteiger partial charge >= 0.3 is 0 Å². The molecule has 1 aromatic carbocycles. The largest absolute Gasteiger partial charge is 0.491 e. The Morgan fingerprint density at radius 1 is 1.57 bits per heavy atom. The van der Waals surface area contributed by atoms with Crippen LogP contribution in [0.4, 0.5) is 0 Å². The molecule has 0 bridgehead atoms. The van der Waals surface area contributed by atoms with Crippen molar-refractivity contribution in [3.63, 3.8) is 0 Å². The van der Waals surface area contributed by atoms with Crippen molar-refractivity contribution in [1.82, 2.24) is 15.4 Å². The second-order valence-corrected chi connectivity index (χ2v) is 3.26. The number of ether oxygens (including phenoxy) is 2. The van der Waals surface area contributed by atoms with Crippen molar-refractivity contribution >= 4 is 11.0 Å². The first-order chi connectivity index (χ1) is 6.92. The van der Waals surface area contributed by atoms with Gasteiger partial charge in [-0.2, -0.15) is 0 Å². The fraction of sp³-hybridized carbons (Fsp3) is 0.333. The zero-order valence-electron chi connectivity index (χ0n) is 7.43. The van der Waals surface area contributed by atoms with Gasteiger partial charge in [-0.05, 0) is 12.1 Å². The zero-order valence-corrected chi connectivity index (χ0v) is 7.43. The first-order valence-electron chi connectivity index (χ1n) is 4.47. The maximum Gasteiger partial charge on any atom is 0.121 e. The number of aromatic nitrogens is 3. The van der Waals surface area contributed by atoms with Crippen molar-refractivity contribution in [3.8, 4) is 5.75 Å². The highest BCUT2D eigenvalue weighted by atomic mass is 16.6. The van der Waals surface area contributed by atoms with Gasteiger partial charge in [0.05, 0.1) is 12.1 Å². The third-order valence-corrected chi connectivity index (χ3v) is 2.14. The molecular weight excluding hydrogens is 182 g/mol. The number of epoxide rings is 1. The van der Waals surface area contributed by atoms with Gasteiger partial charge in [-0.25, -0.2) is 0 Å². The number of nitrogens with one attached hydrogen (secondary N) is 1. The molecule has 1 fully saturated rings. The molecule has 1 N–H and O–H groups in total. The number of fused-ring (bicyclic) bond motifs is 1. The standard InChI is InChI=1S/C9H9N3O2/c1-2-8-9(11-12-10-8)3-6(1)13-4-7-5-14-7/h1-3,7H,4-5H2,(H,10,11,12). The van der Waals surface area contributed by atoms with Crippen LogP contribution in [0, 0.1) is 0 Å². The highest BCUT2D eigenvalue weighted by Gasteiger charge is 2.23. The van der Waals surface area contributed by atoms with E-state index >= 15 is 0 Å². The average molecular weight is 191 g/mol. The minimum absolute atomic E-state index is 0.281. The fourth-order valence-electron chi connectivity index (χ4n) is 1.26. The minimum atomic E-state index is 0.281. The molecule has 72 valence electrons. The summed E-state index contributed by atoms with van der Waals surface area (Å²) in [6, 6.07) is 5.66. The van der Waals surface area contributed by atoms with E-state index < -0.39 is 0 Å². The van der Waals surface area contributed by atoms with E-state index in [-0.39, 0.29) is 6.10 Å². The van der Waals surface area contributed by atoms with Crippen LogP contribution in [0.2, 0.25) is 0 Å². The molecule has 1 aromatic heterocycles. The Labute approximate surface area is 80.0 Å². The molecule has 0 saturated carbocycles. The lowest BCUT2D eigenvalue weighted by Crippen LogP contribution is -2.03. The van der Waals surface area contributed by atoms with Gasteiger partial charge in [-0.1, -0.05) is 5.21 Å². The van der Waals surface area contributed by atoms with Crippen LogP contribution in [0.3, 0.4) is 0 Å². The smallest absolute Gasteiger partial charge is 0.121 e. The molecule has 2 aromatic rings. The molecule has 5 heteroatoms. The maximum atomic E-state index is 5.50. The molecule has 0 aliphatic carbocycles. The van der Waals surface area contributed by atoms with Gasteiger partial charge in [0, 0.05) is 6.07 Å². The van der Waals surface area contributed by atoms with Crippen molar-refractivity contribution in [3.05, 3.63) is 18.2 Å². The monoisotopic (exact) mass is 191 g/mol. The van der Waals surface area contributed by atoms with Gasteiger partial charge in [0.1, 0.15) is 24.0 Å². The first kappa shape index (κ1) is 7.75. The molecule has 1 aliphatic heterocycles. The molecule has 1 unspecified atom stereocenters. The Hall–Kier alpha value is -1.62. The van der Waals surface area contributed by atoms with Gasteiger partial charge in [0.25, 0.3) is 0 Å². The second-order valence-electron chi connectivity index (χ2n) is 3.26. The lowest BCUT2D eigenvalue weighted by Gasteiger charge is -2.02. The van der Waals surface area contributed by atoms with E-state index in [0.29, 0.717) is 6.61 Å². The fourth-order valence-corrected chi connectivity index (χ4v) is 1.26. The normalized spacial score (nSPS) is 19.9. The third kappa shape index (κ3) is 1.42. The van der Waals surface area contributed by atoms with Crippen molar-refractivity contribution in [2.24, 2.45) is 0 Å². The Bertz CT molecular complexity index is 450. The summed E-state index contributed by atoms with van der Waals surface area (Å²) in [5, 5.41) is 10.4. The van der Waals surface area contributed by atoms with E-state index in [1.165, 1.54) is 0 Å². The molecule has 1 saturated heterocycles. The summed E-state index contributed by atoms with van der Waals surface area (Å²) in [6.45, 7) is 1.43. The van der Waals surface area contributed by atoms with Gasteiger partial charge in [-0.15, -0.1) is 5.10 Å². The summed E-state index contributed by atoms with van der Waals surface area (Å²) in [5.74, 6) is 0.807. The summed E-state index contributed by atoms with van der Waals surface area (Å²) >= 11 is 0. The number of benzene rings is 1. The Balaban J connectivity index is 1.81. The van der Waals surface area contributed by atoms with Crippen molar-refractivity contribution in [2.75, 3.05) is 13.2 Å². The number of hydrogen-bond acceptors (Lipinski definition) is 4. The van der Waals surface area contributed by atoms with Gasteiger partial charge in [0.2, 0.25) is 0 Å². The third-order valence-electron chi connectivity index (χ3n) is 2.14. The Kier molecular flexibility index (Phi) is 1.63. The molecule has 0 spiro atoms. The molecular formula is C9H9N3O2. The Morgan fingerprint density at radius 3 is 3.36 bits per heavy atom. The predicted molar refractivity (Wildman–Crippen MR) is 49.1 cm³/mol. The Morgan fingerprint density at radius 2 is 2.50 bits per heavy atom. The van der Waals surface area contributed by atoms with Crippen molar-refractivity contribution in [1.29, 1.82) is 0 Å². The van der Waals surface area contributed by atoms with Crippen LogP contribution in [0.5, 0.6) is 5.75 Å². The molecule has 0 radical (unpaired) electrons. The van der Waals surface area contributed by atoms with Gasteiger partial charge in [-0.3, -0.25) is 5.10 Å². The van der Waals surface area contributed by atoms with Gasteiger partial charge in [0.15, 0.2) is 0 Å². The number of rotatable bonds is 3. The van der Waals surface area contributed by atoms with E-state index in [1.54, 1.807) is 0 Å². The SMILES string of the molecule is c1cc2[nH]nnc2cc1OCC1CO1. The quantitative estimate of drug-likeness (QED) is 0.726. The lowest BCUT2D eigenvalue weighted by atomic mass is 10.3. The highest BCUT2D eigenvalue weighted by Crippen LogP contribution is 2.18. The summed E-state index contributed by atoms with van der Waals surface area (Å²) in [4.78, 5) is 0. The van der Waals surface area contributed by atoms with E-state index in [1.807, 2.05) is 18.2 Å². The number of hydrogen-bond donors (Lipinski definition) is 1. The van der Waals surface area contributed by atoms with Crippen molar-refractivity contribution in [2.45, 2.75) is 6.10 Å². The van der Waals surface area contributed by atoms with E-state index in [4.69, 9.17) is 9.47 Å². The van der Waals surface area contributed by atoms with Gasteiger partial charge < -0.3 is 9.47 Å². The van der Waals surface area contributed by atoms with E-state index in [0.717, 1.165) is 23.4 Å². The summed E-state index contributed by atoms with van der Waals surface area (Å²) in [6.07, 6.45) is 0.281.